The number of benzene rings is 2. The highest BCUT2D eigenvalue weighted by Gasteiger charge is 2.26. The van der Waals surface area contributed by atoms with E-state index in [1.54, 1.807) is 0 Å². The molecular weight excluding hydrogens is 398 g/mol. The maximum Gasteiger partial charge on any atom is 0.223 e. The van der Waals surface area contributed by atoms with Crippen LogP contribution in [0.4, 0.5) is 0 Å². The van der Waals surface area contributed by atoms with E-state index >= 15 is 0 Å². The zero-order valence-corrected chi connectivity index (χ0v) is 17.9. The van der Waals surface area contributed by atoms with Gasteiger partial charge in [-0.05, 0) is 43.2 Å². The van der Waals surface area contributed by atoms with Gasteiger partial charge in [-0.2, -0.15) is 5.10 Å². The van der Waals surface area contributed by atoms with Crippen LogP contribution in [-0.4, -0.2) is 33.3 Å². The lowest BCUT2D eigenvalue weighted by Crippen LogP contribution is -2.36. The van der Waals surface area contributed by atoms with Crippen LogP contribution >= 0.6 is 11.6 Å². The monoisotopic (exact) mass is 421 g/mol. The van der Waals surface area contributed by atoms with Crippen LogP contribution in [0.1, 0.15) is 45.6 Å². The van der Waals surface area contributed by atoms with Crippen LogP contribution in [-0.2, 0) is 17.8 Å². The molecule has 0 bridgehead atoms. The van der Waals surface area contributed by atoms with Crippen LogP contribution in [0.15, 0.2) is 42.5 Å². The number of hydrogen-bond donors (Lipinski definition) is 1. The SMILES string of the molecule is Cc1ccc(C(=O)CCC(=O)N2CCc3[nH]nc(-c4cccc(Cl)c4)c3C2)cc1C. The van der Waals surface area contributed by atoms with Crippen LogP contribution in [0, 0.1) is 13.8 Å². The van der Waals surface area contributed by atoms with Gasteiger partial charge < -0.3 is 4.90 Å². The maximum atomic E-state index is 12.8. The highest BCUT2D eigenvalue weighted by Crippen LogP contribution is 2.30. The molecular formula is C24H24ClN3O2. The van der Waals surface area contributed by atoms with E-state index in [9.17, 15) is 9.59 Å². The maximum absolute atomic E-state index is 12.8. The van der Waals surface area contributed by atoms with Crippen molar-refractivity contribution in [2.24, 2.45) is 0 Å². The highest BCUT2D eigenvalue weighted by atomic mass is 35.5. The molecule has 1 aliphatic heterocycles. The minimum atomic E-state index is -0.00363. The Labute approximate surface area is 181 Å². The summed E-state index contributed by atoms with van der Waals surface area (Å²) in [5.74, 6) is 0.00292. The Balaban J connectivity index is 1.43. The van der Waals surface area contributed by atoms with Crippen molar-refractivity contribution < 1.29 is 9.59 Å². The van der Waals surface area contributed by atoms with Gasteiger partial charge in [0.15, 0.2) is 5.78 Å². The average Bonchev–Trinajstić information content (AvgIpc) is 3.17. The Morgan fingerprint density at radius 3 is 2.70 bits per heavy atom. The second-order valence-electron chi connectivity index (χ2n) is 7.83. The zero-order chi connectivity index (χ0) is 21.3. The van der Waals surface area contributed by atoms with Crippen molar-refractivity contribution in [3.63, 3.8) is 0 Å². The van der Waals surface area contributed by atoms with E-state index in [-0.39, 0.29) is 24.5 Å². The fourth-order valence-corrected chi connectivity index (χ4v) is 4.01. The number of ketones is 1. The highest BCUT2D eigenvalue weighted by molar-refractivity contribution is 6.30. The Hall–Kier alpha value is -2.92. The number of halogens is 1. The number of hydrogen-bond acceptors (Lipinski definition) is 3. The van der Waals surface area contributed by atoms with Crippen LogP contribution in [0.5, 0.6) is 0 Å². The van der Waals surface area contributed by atoms with Crippen molar-refractivity contribution in [3.05, 3.63) is 75.4 Å². The summed E-state index contributed by atoms with van der Waals surface area (Å²) in [4.78, 5) is 27.2. The number of rotatable bonds is 5. The number of amides is 1. The van der Waals surface area contributed by atoms with E-state index in [0.717, 1.165) is 40.1 Å². The first kappa shape index (κ1) is 20.4. The third-order valence-corrected chi connectivity index (χ3v) is 6.01. The predicted octanol–water partition coefficient (Wildman–Crippen LogP) is 4.89. The molecule has 5 nitrogen and oxygen atoms in total. The van der Waals surface area contributed by atoms with Gasteiger partial charge in [-0.1, -0.05) is 35.9 Å². The number of aromatic amines is 1. The molecule has 0 saturated heterocycles. The summed E-state index contributed by atoms with van der Waals surface area (Å²) in [6.07, 6.45) is 1.16. The molecule has 4 rings (SSSR count). The van der Waals surface area contributed by atoms with Gasteiger partial charge in [-0.25, -0.2) is 0 Å². The van der Waals surface area contributed by atoms with E-state index in [1.165, 1.54) is 0 Å². The molecule has 1 amide bonds. The Morgan fingerprint density at radius 2 is 1.93 bits per heavy atom. The van der Waals surface area contributed by atoms with Gasteiger partial charge in [0.1, 0.15) is 0 Å². The van der Waals surface area contributed by atoms with Gasteiger partial charge in [-0.3, -0.25) is 14.7 Å². The molecule has 2 aromatic carbocycles. The number of H-pyrrole nitrogens is 1. The normalized spacial score (nSPS) is 13.2. The number of aromatic nitrogens is 2. The molecule has 1 aliphatic rings. The van der Waals surface area contributed by atoms with Gasteiger partial charge in [0.25, 0.3) is 0 Å². The van der Waals surface area contributed by atoms with E-state index < -0.39 is 0 Å². The molecule has 1 N–H and O–H groups in total. The van der Waals surface area contributed by atoms with Crippen molar-refractivity contribution in [1.29, 1.82) is 0 Å². The van der Waals surface area contributed by atoms with Crippen molar-refractivity contribution in [1.82, 2.24) is 15.1 Å². The quantitative estimate of drug-likeness (QED) is 0.596. The average molecular weight is 422 g/mol. The van der Waals surface area contributed by atoms with Gasteiger partial charge in [0.05, 0.1) is 5.69 Å². The number of nitrogens with zero attached hydrogens (tertiary/aromatic N) is 2. The first-order chi connectivity index (χ1) is 14.4. The Morgan fingerprint density at radius 1 is 1.10 bits per heavy atom. The van der Waals surface area contributed by atoms with Gasteiger partial charge in [-0.15, -0.1) is 0 Å². The molecule has 0 saturated carbocycles. The molecule has 154 valence electrons. The largest absolute Gasteiger partial charge is 0.338 e. The van der Waals surface area contributed by atoms with E-state index in [0.29, 0.717) is 23.7 Å². The summed E-state index contributed by atoms with van der Waals surface area (Å²) in [7, 11) is 0. The lowest BCUT2D eigenvalue weighted by atomic mass is 9.99. The zero-order valence-electron chi connectivity index (χ0n) is 17.2. The fraction of sp³-hybridized carbons (Fsp3) is 0.292. The van der Waals surface area contributed by atoms with Crippen LogP contribution in [0.3, 0.4) is 0 Å². The van der Waals surface area contributed by atoms with Crippen molar-refractivity contribution in [2.45, 2.75) is 39.7 Å². The second-order valence-corrected chi connectivity index (χ2v) is 8.26. The number of carbonyl (C=O) groups excluding carboxylic acids is 2. The topological polar surface area (TPSA) is 66.1 Å². The van der Waals surface area contributed by atoms with E-state index in [4.69, 9.17) is 11.6 Å². The second kappa shape index (κ2) is 8.44. The molecule has 0 fully saturated rings. The van der Waals surface area contributed by atoms with Crippen molar-refractivity contribution in [3.8, 4) is 11.3 Å². The van der Waals surface area contributed by atoms with Crippen LogP contribution in [0.25, 0.3) is 11.3 Å². The molecule has 1 aromatic heterocycles. The summed E-state index contributed by atoms with van der Waals surface area (Å²) < 4.78 is 0. The van der Waals surface area contributed by atoms with Gasteiger partial charge in [0, 0.05) is 59.8 Å². The molecule has 2 heterocycles. The summed E-state index contributed by atoms with van der Waals surface area (Å²) in [5, 5.41) is 8.21. The predicted molar refractivity (Wildman–Crippen MR) is 118 cm³/mol. The lowest BCUT2D eigenvalue weighted by Gasteiger charge is -2.27. The number of Topliss-reactive ketones (excluding diaryl/α,β-unsaturated/α-hetero) is 1. The smallest absolute Gasteiger partial charge is 0.223 e. The third-order valence-electron chi connectivity index (χ3n) is 5.78. The number of nitrogens with one attached hydrogen (secondary N) is 1. The van der Waals surface area contributed by atoms with E-state index in [2.05, 4.69) is 10.2 Å². The van der Waals surface area contributed by atoms with Gasteiger partial charge >= 0.3 is 0 Å². The lowest BCUT2D eigenvalue weighted by molar-refractivity contribution is -0.132. The molecule has 0 aliphatic carbocycles. The minimum Gasteiger partial charge on any atom is -0.338 e. The third kappa shape index (κ3) is 4.17. The number of fused-ring (bicyclic) bond motifs is 1. The Kier molecular flexibility index (Phi) is 5.73. The molecule has 6 heteroatoms. The van der Waals surface area contributed by atoms with Crippen molar-refractivity contribution >= 4 is 23.3 Å². The summed E-state index contributed by atoms with van der Waals surface area (Å²) >= 11 is 6.13. The molecule has 0 spiro atoms. The Bertz CT molecular complexity index is 1120. The molecule has 0 unspecified atom stereocenters. The van der Waals surface area contributed by atoms with Crippen molar-refractivity contribution in [2.75, 3.05) is 6.54 Å². The summed E-state index contributed by atoms with van der Waals surface area (Å²) in [5.41, 5.74) is 6.75. The first-order valence-electron chi connectivity index (χ1n) is 10.1. The molecule has 3 aromatic rings. The van der Waals surface area contributed by atoms with Crippen LogP contribution in [0.2, 0.25) is 5.02 Å². The number of carbonyl (C=O) groups is 2. The molecule has 0 radical (unpaired) electrons. The van der Waals surface area contributed by atoms with E-state index in [1.807, 2.05) is 61.2 Å². The fourth-order valence-electron chi connectivity index (χ4n) is 3.82. The van der Waals surface area contributed by atoms with Crippen LogP contribution < -0.4 is 0 Å². The molecule has 0 atom stereocenters. The minimum absolute atomic E-state index is 0.00363. The summed E-state index contributed by atoms with van der Waals surface area (Å²) in [6.45, 7) is 5.13. The number of aryl methyl sites for hydroxylation is 2. The van der Waals surface area contributed by atoms with Gasteiger partial charge in [0.2, 0.25) is 5.91 Å². The first-order valence-corrected chi connectivity index (χ1v) is 10.5. The standard InChI is InChI=1S/C24H24ClN3O2/c1-15-6-7-17(12-16(15)2)22(29)8-9-23(30)28-11-10-21-20(14-28)24(27-26-21)18-4-3-5-19(25)13-18/h3-7,12-13H,8-11,14H2,1-2H3,(H,26,27). The molecule has 30 heavy (non-hydrogen) atoms. The summed E-state index contributed by atoms with van der Waals surface area (Å²) in [6, 6.07) is 13.2.